The summed E-state index contributed by atoms with van der Waals surface area (Å²) in [7, 11) is -3.98. The number of hydrogen-bond donors (Lipinski definition) is 2. The van der Waals surface area contributed by atoms with Gasteiger partial charge in [-0.1, -0.05) is 24.3 Å². The monoisotopic (exact) mass is 295 g/mol. The van der Waals surface area contributed by atoms with Gasteiger partial charge in [0.25, 0.3) is 10.0 Å². The first-order valence-corrected chi connectivity index (χ1v) is 7.39. The van der Waals surface area contributed by atoms with Gasteiger partial charge in [0.05, 0.1) is 0 Å². The molecule has 0 bridgehead atoms. The van der Waals surface area contributed by atoms with E-state index >= 15 is 0 Å². The summed E-state index contributed by atoms with van der Waals surface area (Å²) in [5, 5.41) is -0.602. The first kappa shape index (κ1) is 14.6. The standard InChI is InChI=1S/C13H14FN3O2S/c14-12-5-2-6-16-13(12)20(18,19)17-9-11-4-1-3-10(7-11)8-15/h1-7,17H,8-9,15H2. The van der Waals surface area contributed by atoms with Gasteiger partial charge < -0.3 is 5.73 Å². The van der Waals surface area contributed by atoms with E-state index in [0.717, 1.165) is 17.2 Å². The normalized spacial score (nSPS) is 11.5. The molecule has 7 heteroatoms. The number of rotatable bonds is 5. The van der Waals surface area contributed by atoms with Crippen LogP contribution in [0.3, 0.4) is 0 Å². The molecule has 106 valence electrons. The SMILES string of the molecule is NCc1cccc(CNS(=O)(=O)c2ncccc2F)c1. The number of benzene rings is 1. The predicted molar refractivity (Wildman–Crippen MR) is 72.6 cm³/mol. The molecular formula is C13H14FN3O2S. The smallest absolute Gasteiger partial charge is 0.261 e. The highest BCUT2D eigenvalue weighted by molar-refractivity contribution is 7.89. The maximum absolute atomic E-state index is 13.4. The van der Waals surface area contributed by atoms with Gasteiger partial charge in [-0.25, -0.2) is 22.5 Å². The molecule has 0 aliphatic rings. The third kappa shape index (κ3) is 3.38. The summed E-state index contributed by atoms with van der Waals surface area (Å²) in [6.07, 6.45) is 1.23. The molecule has 0 saturated carbocycles. The second-order valence-corrected chi connectivity index (χ2v) is 5.82. The molecule has 0 unspecified atom stereocenters. The molecule has 0 amide bonds. The van der Waals surface area contributed by atoms with Crippen molar-refractivity contribution in [2.75, 3.05) is 0 Å². The van der Waals surface area contributed by atoms with Gasteiger partial charge in [0.1, 0.15) is 0 Å². The third-order valence-corrected chi connectivity index (χ3v) is 4.01. The fourth-order valence-corrected chi connectivity index (χ4v) is 2.70. The molecule has 2 aromatic rings. The maximum atomic E-state index is 13.4. The zero-order valence-electron chi connectivity index (χ0n) is 10.6. The van der Waals surface area contributed by atoms with Crippen molar-refractivity contribution >= 4 is 10.0 Å². The van der Waals surface area contributed by atoms with Crippen molar-refractivity contribution in [2.45, 2.75) is 18.1 Å². The van der Waals surface area contributed by atoms with Crippen LogP contribution in [-0.4, -0.2) is 13.4 Å². The molecule has 0 aliphatic heterocycles. The quantitative estimate of drug-likeness (QED) is 0.866. The number of pyridine rings is 1. The van der Waals surface area contributed by atoms with Gasteiger partial charge in [-0.05, 0) is 23.3 Å². The highest BCUT2D eigenvalue weighted by Crippen LogP contribution is 2.11. The number of halogens is 1. The molecule has 0 fully saturated rings. The number of sulfonamides is 1. The minimum atomic E-state index is -3.98. The summed E-state index contributed by atoms with van der Waals surface area (Å²) in [5.74, 6) is -0.879. The van der Waals surface area contributed by atoms with Crippen LogP contribution in [0.15, 0.2) is 47.6 Å². The molecule has 1 aromatic heterocycles. The Morgan fingerprint density at radius 2 is 1.95 bits per heavy atom. The number of aromatic nitrogens is 1. The van der Waals surface area contributed by atoms with E-state index in [4.69, 9.17) is 5.73 Å². The zero-order valence-corrected chi connectivity index (χ0v) is 11.4. The maximum Gasteiger partial charge on any atom is 0.261 e. The van der Waals surface area contributed by atoms with Crippen LogP contribution >= 0.6 is 0 Å². The number of nitrogens with one attached hydrogen (secondary N) is 1. The molecule has 2 rings (SSSR count). The Morgan fingerprint density at radius 3 is 2.65 bits per heavy atom. The Hall–Kier alpha value is -1.83. The predicted octanol–water partition coefficient (Wildman–Crippen LogP) is 1.16. The van der Waals surface area contributed by atoms with Gasteiger partial charge in [0, 0.05) is 19.3 Å². The molecule has 0 aliphatic carbocycles. The fourth-order valence-electron chi connectivity index (χ4n) is 1.68. The Balaban J connectivity index is 2.15. The van der Waals surface area contributed by atoms with Gasteiger partial charge in [-0.15, -0.1) is 0 Å². The highest BCUT2D eigenvalue weighted by atomic mass is 32.2. The molecule has 5 nitrogen and oxygen atoms in total. The second kappa shape index (κ2) is 6.08. The lowest BCUT2D eigenvalue weighted by Crippen LogP contribution is -2.25. The molecule has 3 N–H and O–H groups in total. The summed E-state index contributed by atoms with van der Waals surface area (Å²) in [4.78, 5) is 3.55. The lowest BCUT2D eigenvalue weighted by Gasteiger charge is -2.07. The van der Waals surface area contributed by atoms with E-state index in [1.807, 2.05) is 6.07 Å². The highest BCUT2D eigenvalue weighted by Gasteiger charge is 2.19. The topological polar surface area (TPSA) is 85.1 Å². The zero-order chi connectivity index (χ0) is 14.6. The van der Waals surface area contributed by atoms with Crippen LogP contribution in [-0.2, 0) is 23.1 Å². The van der Waals surface area contributed by atoms with Crippen molar-refractivity contribution in [1.29, 1.82) is 0 Å². The second-order valence-electron chi connectivity index (χ2n) is 4.14. The molecule has 1 aromatic carbocycles. The lowest BCUT2D eigenvalue weighted by atomic mass is 10.1. The lowest BCUT2D eigenvalue weighted by molar-refractivity contribution is 0.544. The van der Waals surface area contributed by atoms with E-state index in [1.165, 1.54) is 12.3 Å². The molecule has 20 heavy (non-hydrogen) atoms. The Kier molecular flexibility index (Phi) is 4.43. The summed E-state index contributed by atoms with van der Waals surface area (Å²) in [6.45, 7) is 0.418. The minimum absolute atomic E-state index is 0.0478. The van der Waals surface area contributed by atoms with Gasteiger partial charge in [-0.3, -0.25) is 0 Å². The minimum Gasteiger partial charge on any atom is -0.326 e. The Bertz CT molecular complexity index is 704. The number of hydrogen-bond acceptors (Lipinski definition) is 4. The summed E-state index contributed by atoms with van der Waals surface area (Å²) in [5.41, 5.74) is 7.15. The van der Waals surface area contributed by atoms with Gasteiger partial charge in [0.2, 0.25) is 5.03 Å². The summed E-state index contributed by atoms with van der Waals surface area (Å²) in [6, 6.07) is 9.56. The number of nitrogens with two attached hydrogens (primary N) is 1. The van der Waals surface area contributed by atoms with E-state index in [2.05, 4.69) is 9.71 Å². The summed E-state index contributed by atoms with van der Waals surface area (Å²) >= 11 is 0. The van der Waals surface area contributed by atoms with Crippen molar-refractivity contribution < 1.29 is 12.8 Å². The van der Waals surface area contributed by atoms with Crippen LogP contribution in [0.4, 0.5) is 4.39 Å². The Labute approximate surface area is 116 Å². The van der Waals surface area contributed by atoms with Gasteiger partial charge in [-0.2, -0.15) is 0 Å². The van der Waals surface area contributed by atoms with E-state index < -0.39 is 20.9 Å². The molecule has 0 atom stereocenters. The largest absolute Gasteiger partial charge is 0.326 e. The van der Waals surface area contributed by atoms with E-state index in [-0.39, 0.29) is 6.54 Å². The molecule has 0 spiro atoms. The molecule has 1 heterocycles. The van der Waals surface area contributed by atoms with Crippen molar-refractivity contribution in [1.82, 2.24) is 9.71 Å². The van der Waals surface area contributed by atoms with Crippen molar-refractivity contribution in [2.24, 2.45) is 5.73 Å². The van der Waals surface area contributed by atoms with E-state index in [0.29, 0.717) is 6.54 Å². The van der Waals surface area contributed by atoms with E-state index in [9.17, 15) is 12.8 Å². The fraction of sp³-hybridized carbons (Fsp3) is 0.154. The van der Waals surface area contributed by atoms with Crippen LogP contribution in [0.1, 0.15) is 11.1 Å². The first-order valence-electron chi connectivity index (χ1n) is 5.91. The van der Waals surface area contributed by atoms with Crippen molar-refractivity contribution in [3.8, 4) is 0 Å². The van der Waals surface area contributed by atoms with Crippen LogP contribution in [0.25, 0.3) is 0 Å². The molecule has 0 saturated heterocycles. The van der Waals surface area contributed by atoms with Crippen LogP contribution in [0.5, 0.6) is 0 Å². The van der Waals surface area contributed by atoms with E-state index in [1.54, 1.807) is 18.2 Å². The summed E-state index contributed by atoms with van der Waals surface area (Å²) < 4.78 is 39.6. The number of nitrogens with zero attached hydrogens (tertiary/aromatic N) is 1. The van der Waals surface area contributed by atoms with Crippen LogP contribution in [0, 0.1) is 5.82 Å². The molecule has 0 radical (unpaired) electrons. The van der Waals surface area contributed by atoms with Gasteiger partial charge >= 0.3 is 0 Å². The van der Waals surface area contributed by atoms with Crippen LogP contribution < -0.4 is 10.5 Å². The molecular weight excluding hydrogens is 281 g/mol. The third-order valence-electron chi connectivity index (χ3n) is 2.67. The van der Waals surface area contributed by atoms with Gasteiger partial charge in [0.15, 0.2) is 5.82 Å². The average Bonchev–Trinajstić information content (AvgIpc) is 2.46. The first-order chi connectivity index (χ1) is 9.53. The van der Waals surface area contributed by atoms with Crippen molar-refractivity contribution in [3.05, 3.63) is 59.5 Å². The van der Waals surface area contributed by atoms with Crippen LogP contribution in [0.2, 0.25) is 0 Å². The Morgan fingerprint density at radius 1 is 1.20 bits per heavy atom. The average molecular weight is 295 g/mol. The van der Waals surface area contributed by atoms with Crippen molar-refractivity contribution in [3.63, 3.8) is 0 Å².